The van der Waals surface area contributed by atoms with Crippen LogP contribution in [-0.4, -0.2) is 23.2 Å². The molecule has 0 aliphatic carbocycles. The highest BCUT2D eigenvalue weighted by Crippen LogP contribution is 2.30. The molecular weight excluding hydrogens is 250 g/mol. The van der Waals surface area contributed by atoms with E-state index in [-0.39, 0.29) is 5.01 Å². The van der Waals surface area contributed by atoms with Crippen LogP contribution in [0.4, 0.5) is 0 Å². The number of hydrogen-bond donors (Lipinski definition) is 1. The van der Waals surface area contributed by atoms with Gasteiger partial charge in [0.25, 0.3) is 0 Å². The lowest BCUT2D eigenvalue weighted by Crippen LogP contribution is -1.95. The lowest BCUT2D eigenvalue weighted by Gasteiger charge is -2.09. The Kier molecular flexibility index (Phi) is 3.34. The first-order valence-electron chi connectivity index (χ1n) is 5.37. The first-order chi connectivity index (χ1) is 8.52. The first kappa shape index (κ1) is 12.6. The van der Waals surface area contributed by atoms with Gasteiger partial charge in [-0.2, -0.15) is 0 Å². The standard InChI is InChI=1S/C13H13NO3S/c1-7-5-11(17-3)8(2)4-9(7)10-6-18-12(14-10)13(15)16/h4-6H,1-3H3,(H,15,16). The number of rotatable bonds is 3. The number of methoxy groups -OCH3 is 1. The number of nitrogens with zero attached hydrogens (tertiary/aromatic N) is 1. The minimum absolute atomic E-state index is 0.109. The Morgan fingerprint density at radius 1 is 1.33 bits per heavy atom. The maximum atomic E-state index is 10.8. The number of benzene rings is 1. The summed E-state index contributed by atoms with van der Waals surface area (Å²) in [6, 6.07) is 3.90. The number of carbonyl (C=O) groups is 1. The lowest BCUT2D eigenvalue weighted by atomic mass is 10.0. The normalized spacial score (nSPS) is 10.4. The van der Waals surface area contributed by atoms with E-state index in [0.29, 0.717) is 5.69 Å². The van der Waals surface area contributed by atoms with Gasteiger partial charge < -0.3 is 9.84 Å². The summed E-state index contributed by atoms with van der Waals surface area (Å²) in [6.45, 7) is 3.91. The Hall–Kier alpha value is -1.88. The van der Waals surface area contributed by atoms with Gasteiger partial charge in [-0.05, 0) is 37.1 Å². The van der Waals surface area contributed by atoms with Crippen molar-refractivity contribution >= 4 is 17.3 Å². The second-order valence-electron chi connectivity index (χ2n) is 3.98. The largest absolute Gasteiger partial charge is 0.496 e. The molecule has 0 atom stereocenters. The lowest BCUT2D eigenvalue weighted by molar-refractivity contribution is 0.0696. The molecule has 18 heavy (non-hydrogen) atoms. The maximum absolute atomic E-state index is 10.8. The minimum Gasteiger partial charge on any atom is -0.496 e. The number of hydrogen-bond acceptors (Lipinski definition) is 4. The quantitative estimate of drug-likeness (QED) is 0.924. The van der Waals surface area contributed by atoms with E-state index in [1.165, 1.54) is 0 Å². The van der Waals surface area contributed by atoms with Gasteiger partial charge in [0.05, 0.1) is 12.8 Å². The van der Waals surface area contributed by atoms with Crippen molar-refractivity contribution in [2.75, 3.05) is 7.11 Å². The van der Waals surface area contributed by atoms with Crippen LogP contribution in [0.5, 0.6) is 5.75 Å². The molecule has 94 valence electrons. The van der Waals surface area contributed by atoms with Crippen LogP contribution in [0.15, 0.2) is 17.5 Å². The summed E-state index contributed by atoms with van der Waals surface area (Å²) < 4.78 is 5.25. The molecule has 0 aliphatic rings. The van der Waals surface area contributed by atoms with Gasteiger partial charge in [0, 0.05) is 10.9 Å². The van der Waals surface area contributed by atoms with Crippen LogP contribution in [0.2, 0.25) is 0 Å². The highest BCUT2D eigenvalue weighted by Gasteiger charge is 2.13. The van der Waals surface area contributed by atoms with E-state index in [9.17, 15) is 4.79 Å². The minimum atomic E-state index is -0.992. The summed E-state index contributed by atoms with van der Waals surface area (Å²) in [5.74, 6) is -0.168. The van der Waals surface area contributed by atoms with Crippen molar-refractivity contribution in [1.82, 2.24) is 4.98 Å². The van der Waals surface area contributed by atoms with Gasteiger partial charge >= 0.3 is 5.97 Å². The fourth-order valence-corrected chi connectivity index (χ4v) is 2.44. The van der Waals surface area contributed by atoms with E-state index in [0.717, 1.165) is 33.8 Å². The van der Waals surface area contributed by atoms with Crippen molar-refractivity contribution < 1.29 is 14.6 Å². The predicted molar refractivity (Wildman–Crippen MR) is 70.5 cm³/mol. The molecule has 1 aromatic carbocycles. The van der Waals surface area contributed by atoms with Crippen LogP contribution < -0.4 is 4.74 Å². The van der Waals surface area contributed by atoms with Crippen molar-refractivity contribution in [3.63, 3.8) is 0 Å². The summed E-state index contributed by atoms with van der Waals surface area (Å²) in [4.78, 5) is 14.9. The number of aryl methyl sites for hydroxylation is 2. The van der Waals surface area contributed by atoms with Crippen molar-refractivity contribution in [1.29, 1.82) is 0 Å². The van der Waals surface area contributed by atoms with Crippen LogP contribution in [-0.2, 0) is 0 Å². The maximum Gasteiger partial charge on any atom is 0.365 e. The van der Waals surface area contributed by atoms with E-state index >= 15 is 0 Å². The van der Waals surface area contributed by atoms with E-state index in [1.807, 2.05) is 26.0 Å². The van der Waals surface area contributed by atoms with Crippen molar-refractivity contribution in [3.05, 3.63) is 33.6 Å². The fraction of sp³-hybridized carbons (Fsp3) is 0.231. The van der Waals surface area contributed by atoms with Gasteiger partial charge in [-0.25, -0.2) is 9.78 Å². The van der Waals surface area contributed by atoms with Crippen molar-refractivity contribution in [3.8, 4) is 17.0 Å². The molecule has 0 spiro atoms. The summed E-state index contributed by atoms with van der Waals surface area (Å²) in [7, 11) is 1.63. The molecule has 0 aliphatic heterocycles. The second kappa shape index (κ2) is 4.78. The van der Waals surface area contributed by atoms with Gasteiger partial charge in [-0.3, -0.25) is 0 Å². The monoisotopic (exact) mass is 263 g/mol. The van der Waals surface area contributed by atoms with Gasteiger partial charge in [0.2, 0.25) is 5.01 Å². The summed E-state index contributed by atoms with van der Waals surface area (Å²) in [6.07, 6.45) is 0. The van der Waals surface area contributed by atoms with Gasteiger partial charge in [0.1, 0.15) is 5.75 Å². The Balaban J connectivity index is 2.50. The Labute approximate surface area is 109 Å². The number of aromatic carboxylic acids is 1. The molecule has 5 heteroatoms. The number of carboxylic acids is 1. The third kappa shape index (κ3) is 2.22. The predicted octanol–water partition coefficient (Wildman–Crippen LogP) is 3.13. The molecule has 0 radical (unpaired) electrons. The SMILES string of the molecule is COc1cc(C)c(-c2csc(C(=O)O)n2)cc1C. The zero-order valence-corrected chi connectivity index (χ0v) is 11.2. The van der Waals surface area contributed by atoms with Gasteiger partial charge in [-0.1, -0.05) is 0 Å². The molecule has 2 rings (SSSR count). The van der Waals surface area contributed by atoms with E-state index in [4.69, 9.17) is 9.84 Å². The summed E-state index contributed by atoms with van der Waals surface area (Å²) in [5, 5.41) is 10.7. The summed E-state index contributed by atoms with van der Waals surface area (Å²) >= 11 is 1.14. The van der Waals surface area contributed by atoms with Crippen LogP contribution in [0.25, 0.3) is 11.3 Å². The number of carboxylic acid groups (broad SMARTS) is 1. The van der Waals surface area contributed by atoms with Crippen LogP contribution in [0.1, 0.15) is 20.9 Å². The second-order valence-corrected chi connectivity index (χ2v) is 4.84. The summed E-state index contributed by atoms with van der Waals surface area (Å²) in [5.41, 5.74) is 3.65. The molecule has 0 fully saturated rings. The topological polar surface area (TPSA) is 59.4 Å². The van der Waals surface area contributed by atoms with Gasteiger partial charge in [0.15, 0.2) is 0 Å². The van der Waals surface area contributed by atoms with Crippen molar-refractivity contribution in [2.45, 2.75) is 13.8 Å². The van der Waals surface area contributed by atoms with Crippen LogP contribution >= 0.6 is 11.3 Å². The molecule has 0 saturated heterocycles. The van der Waals surface area contributed by atoms with Crippen LogP contribution in [0, 0.1) is 13.8 Å². The third-order valence-electron chi connectivity index (χ3n) is 2.70. The van der Waals surface area contributed by atoms with Crippen molar-refractivity contribution in [2.24, 2.45) is 0 Å². The molecule has 0 amide bonds. The highest BCUT2D eigenvalue weighted by atomic mass is 32.1. The molecule has 4 nitrogen and oxygen atoms in total. The highest BCUT2D eigenvalue weighted by molar-refractivity contribution is 7.11. The van der Waals surface area contributed by atoms with Crippen LogP contribution in [0.3, 0.4) is 0 Å². The Bertz CT molecular complexity index is 604. The molecular formula is C13H13NO3S. The Morgan fingerprint density at radius 2 is 2.06 bits per heavy atom. The zero-order chi connectivity index (χ0) is 13.3. The molecule has 2 aromatic rings. The number of ether oxygens (including phenoxy) is 1. The number of thiazole rings is 1. The third-order valence-corrected chi connectivity index (χ3v) is 3.54. The zero-order valence-electron chi connectivity index (χ0n) is 10.4. The fourth-order valence-electron chi connectivity index (χ4n) is 1.78. The molecule has 1 aromatic heterocycles. The van der Waals surface area contributed by atoms with E-state index in [1.54, 1.807) is 12.5 Å². The average Bonchev–Trinajstić information content (AvgIpc) is 2.81. The smallest absolute Gasteiger partial charge is 0.365 e. The average molecular weight is 263 g/mol. The first-order valence-corrected chi connectivity index (χ1v) is 6.25. The molecule has 1 N–H and O–H groups in total. The molecule has 0 unspecified atom stereocenters. The van der Waals surface area contributed by atoms with Gasteiger partial charge in [-0.15, -0.1) is 11.3 Å². The van der Waals surface area contributed by atoms with E-state index in [2.05, 4.69) is 4.98 Å². The molecule has 1 heterocycles. The molecule has 0 bridgehead atoms. The molecule has 0 saturated carbocycles. The number of aromatic nitrogens is 1. The van der Waals surface area contributed by atoms with E-state index < -0.39 is 5.97 Å². The Morgan fingerprint density at radius 3 is 2.61 bits per heavy atom.